The first-order valence-electron chi connectivity index (χ1n) is 11.5. The van der Waals surface area contributed by atoms with E-state index in [0.717, 1.165) is 24.0 Å². The topological polar surface area (TPSA) is 85.2 Å². The van der Waals surface area contributed by atoms with Crippen LogP contribution in [-0.2, 0) is 9.53 Å². The van der Waals surface area contributed by atoms with E-state index >= 15 is 0 Å². The van der Waals surface area contributed by atoms with Crippen molar-refractivity contribution in [3.05, 3.63) is 53.8 Å². The van der Waals surface area contributed by atoms with Crippen LogP contribution in [0.3, 0.4) is 0 Å². The number of hydrogen-bond donors (Lipinski definition) is 2. The van der Waals surface area contributed by atoms with E-state index in [4.69, 9.17) is 4.98 Å². The number of anilines is 2. The first kappa shape index (κ1) is 23.7. The molecule has 2 aromatic carbocycles. The molecule has 1 aliphatic rings. The number of aromatic nitrogens is 2. The van der Waals surface area contributed by atoms with E-state index in [9.17, 15) is 14.0 Å². The van der Waals surface area contributed by atoms with Gasteiger partial charge in [-0.25, -0.2) is 9.37 Å². The fraction of sp³-hybridized carbons (Fsp3) is 0.423. The summed E-state index contributed by atoms with van der Waals surface area (Å²) in [5.74, 6) is 0.0298. The number of fused-ring (bicyclic) bond motifs is 1. The minimum absolute atomic E-state index is 0.194. The SMILES string of the molecule is COC(=O)CNC(=O)c1ccc2c(c1)nc(Nc1ccc(F)cc1)n2[C@H]1C[C@@H](C)CC(C)(C)C1. The summed E-state index contributed by atoms with van der Waals surface area (Å²) in [5, 5.41) is 5.91. The molecule has 2 atom stereocenters. The lowest BCUT2D eigenvalue weighted by molar-refractivity contribution is -0.139. The molecule has 180 valence electrons. The Kier molecular flexibility index (Phi) is 6.59. The molecule has 1 aliphatic carbocycles. The van der Waals surface area contributed by atoms with Gasteiger partial charge in [-0.1, -0.05) is 20.8 Å². The number of imidazole rings is 1. The zero-order valence-corrected chi connectivity index (χ0v) is 20.0. The van der Waals surface area contributed by atoms with Gasteiger partial charge in [-0.2, -0.15) is 0 Å². The van der Waals surface area contributed by atoms with Gasteiger partial charge in [-0.3, -0.25) is 9.59 Å². The van der Waals surface area contributed by atoms with Crippen LogP contribution in [0.15, 0.2) is 42.5 Å². The number of benzene rings is 2. The maximum absolute atomic E-state index is 13.4. The van der Waals surface area contributed by atoms with E-state index in [2.05, 4.69) is 40.7 Å². The zero-order valence-electron chi connectivity index (χ0n) is 20.0. The van der Waals surface area contributed by atoms with Gasteiger partial charge in [0, 0.05) is 17.3 Å². The minimum atomic E-state index is -0.515. The first-order valence-corrected chi connectivity index (χ1v) is 11.5. The largest absolute Gasteiger partial charge is 0.468 e. The smallest absolute Gasteiger partial charge is 0.325 e. The highest BCUT2D eigenvalue weighted by atomic mass is 19.1. The molecule has 1 saturated carbocycles. The molecule has 0 bridgehead atoms. The third-order valence-corrected chi connectivity index (χ3v) is 6.40. The van der Waals surface area contributed by atoms with E-state index in [1.165, 1.54) is 25.7 Å². The molecule has 0 spiro atoms. The van der Waals surface area contributed by atoms with Crippen LogP contribution in [0.1, 0.15) is 56.4 Å². The van der Waals surface area contributed by atoms with Gasteiger partial charge in [-0.05, 0) is 73.1 Å². The lowest BCUT2D eigenvalue weighted by atomic mass is 9.70. The number of amides is 1. The molecule has 0 saturated heterocycles. The van der Waals surface area contributed by atoms with Crippen LogP contribution in [0.2, 0.25) is 0 Å². The van der Waals surface area contributed by atoms with Crippen LogP contribution in [0, 0.1) is 17.2 Å². The summed E-state index contributed by atoms with van der Waals surface area (Å²) in [6.07, 6.45) is 3.19. The van der Waals surface area contributed by atoms with Crippen LogP contribution in [0.4, 0.5) is 16.0 Å². The molecule has 0 aliphatic heterocycles. The maximum atomic E-state index is 13.4. The number of methoxy groups -OCH3 is 1. The monoisotopic (exact) mass is 466 g/mol. The molecule has 34 heavy (non-hydrogen) atoms. The van der Waals surface area contributed by atoms with Gasteiger partial charge in [0.1, 0.15) is 12.4 Å². The molecule has 1 fully saturated rings. The number of nitrogens with zero attached hydrogens (tertiary/aromatic N) is 2. The van der Waals surface area contributed by atoms with Gasteiger partial charge in [0.15, 0.2) is 0 Å². The Balaban J connectivity index is 1.73. The van der Waals surface area contributed by atoms with E-state index < -0.39 is 5.97 Å². The summed E-state index contributed by atoms with van der Waals surface area (Å²) in [7, 11) is 1.27. The zero-order chi connectivity index (χ0) is 24.5. The third-order valence-electron chi connectivity index (χ3n) is 6.40. The Morgan fingerprint density at radius 3 is 2.59 bits per heavy atom. The molecular formula is C26H31FN4O3. The van der Waals surface area contributed by atoms with Crippen LogP contribution < -0.4 is 10.6 Å². The Morgan fingerprint density at radius 1 is 1.18 bits per heavy atom. The molecule has 7 nitrogen and oxygen atoms in total. The van der Waals surface area contributed by atoms with E-state index in [1.807, 2.05) is 6.07 Å². The Morgan fingerprint density at radius 2 is 1.91 bits per heavy atom. The molecule has 0 unspecified atom stereocenters. The van der Waals surface area contributed by atoms with Crippen molar-refractivity contribution in [2.24, 2.45) is 11.3 Å². The van der Waals surface area contributed by atoms with Gasteiger partial charge in [0.2, 0.25) is 5.95 Å². The number of halogens is 1. The minimum Gasteiger partial charge on any atom is -0.468 e. The summed E-state index contributed by atoms with van der Waals surface area (Å²) >= 11 is 0. The van der Waals surface area contributed by atoms with Crippen LogP contribution in [0.5, 0.6) is 0 Å². The summed E-state index contributed by atoms with van der Waals surface area (Å²) in [6.45, 7) is 6.68. The summed E-state index contributed by atoms with van der Waals surface area (Å²) in [5.41, 5.74) is 2.93. The average Bonchev–Trinajstić information content (AvgIpc) is 3.14. The lowest BCUT2D eigenvalue weighted by Crippen LogP contribution is -2.30. The van der Waals surface area contributed by atoms with Crippen LogP contribution in [0.25, 0.3) is 11.0 Å². The lowest BCUT2D eigenvalue weighted by Gasteiger charge is -2.40. The van der Waals surface area contributed by atoms with E-state index in [1.54, 1.807) is 24.3 Å². The number of hydrogen-bond acceptors (Lipinski definition) is 5. The number of ether oxygens (including phenoxy) is 1. The highest BCUT2D eigenvalue weighted by Crippen LogP contribution is 2.46. The van der Waals surface area contributed by atoms with Crippen molar-refractivity contribution < 1.29 is 18.7 Å². The quantitative estimate of drug-likeness (QED) is 0.487. The Labute approximate surface area is 198 Å². The van der Waals surface area contributed by atoms with Gasteiger partial charge in [0.25, 0.3) is 5.91 Å². The second-order valence-corrected chi connectivity index (χ2v) is 9.97. The molecule has 8 heteroatoms. The number of carbonyl (C=O) groups is 2. The van der Waals surface area contributed by atoms with Crippen molar-refractivity contribution >= 4 is 34.5 Å². The second-order valence-electron chi connectivity index (χ2n) is 9.97. The summed E-state index contributed by atoms with van der Waals surface area (Å²) in [6, 6.07) is 11.8. The predicted molar refractivity (Wildman–Crippen MR) is 130 cm³/mol. The Bertz CT molecular complexity index is 1200. The summed E-state index contributed by atoms with van der Waals surface area (Å²) < 4.78 is 20.2. The number of carbonyl (C=O) groups excluding carboxylic acids is 2. The molecule has 1 heterocycles. The first-order chi connectivity index (χ1) is 16.1. The highest BCUT2D eigenvalue weighted by Gasteiger charge is 2.34. The van der Waals surface area contributed by atoms with Crippen molar-refractivity contribution in [2.45, 2.75) is 46.1 Å². The highest BCUT2D eigenvalue weighted by molar-refractivity contribution is 5.99. The Hall–Kier alpha value is -3.42. The van der Waals surface area contributed by atoms with Crippen molar-refractivity contribution in [3.63, 3.8) is 0 Å². The number of esters is 1. The van der Waals surface area contributed by atoms with Crippen molar-refractivity contribution in [3.8, 4) is 0 Å². The third kappa shape index (κ3) is 5.21. The van der Waals surface area contributed by atoms with Gasteiger partial charge >= 0.3 is 5.97 Å². The number of nitrogens with one attached hydrogen (secondary N) is 2. The number of rotatable bonds is 6. The fourth-order valence-electron chi connectivity index (χ4n) is 5.18. The van der Waals surface area contributed by atoms with Gasteiger partial charge < -0.3 is 19.9 Å². The van der Waals surface area contributed by atoms with E-state index in [0.29, 0.717) is 22.9 Å². The van der Waals surface area contributed by atoms with Gasteiger partial charge in [0.05, 0.1) is 18.1 Å². The van der Waals surface area contributed by atoms with Crippen molar-refractivity contribution in [2.75, 3.05) is 19.0 Å². The molecule has 3 aromatic rings. The molecule has 1 aromatic heterocycles. The summed E-state index contributed by atoms with van der Waals surface area (Å²) in [4.78, 5) is 28.7. The van der Waals surface area contributed by atoms with Crippen LogP contribution >= 0.6 is 0 Å². The normalized spacial score (nSPS) is 19.6. The standard InChI is InChI=1S/C26H31FN4O3/c1-16-11-20(14-26(2,3)13-16)31-22-10-5-17(24(33)28-15-23(32)34-4)12-21(22)30-25(31)29-19-8-6-18(27)7-9-19/h5-10,12,16,20H,11,13-15H2,1-4H3,(H,28,33)(H,29,30)/t16-,20+/m1/s1. The van der Waals surface area contributed by atoms with Crippen molar-refractivity contribution in [1.82, 2.24) is 14.9 Å². The van der Waals surface area contributed by atoms with Crippen LogP contribution in [-0.4, -0.2) is 35.1 Å². The molecule has 0 radical (unpaired) electrons. The maximum Gasteiger partial charge on any atom is 0.325 e. The van der Waals surface area contributed by atoms with E-state index in [-0.39, 0.29) is 29.7 Å². The second kappa shape index (κ2) is 9.44. The molecule has 2 N–H and O–H groups in total. The predicted octanol–water partition coefficient (Wildman–Crippen LogP) is 5.21. The van der Waals surface area contributed by atoms with Crippen molar-refractivity contribution in [1.29, 1.82) is 0 Å². The fourth-order valence-corrected chi connectivity index (χ4v) is 5.18. The average molecular weight is 467 g/mol. The molecular weight excluding hydrogens is 435 g/mol. The molecule has 4 rings (SSSR count). The van der Waals surface area contributed by atoms with Gasteiger partial charge in [-0.15, -0.1) is 0 Å². The molecule has 1 amide bonds.